The first-order valence-corrected chi connectivity index (χ1v) is 8.82. The minimum absolute atomic E-state index is 0.0673. The molecular formula is C20H30O4. The van der Waals surface area contributed by atoms with Crippen LogP contribution in [0.2, 0.25) is 0 Å². The molecule has 0 spiro atoms. The van der Waals surface area contributed by atoms with Crippen molar-refractivity contribution < 1.29 is 19.1 Å². The van der Waals surface area contributed by atoms with Crippen LogP contribution in [0.3, 0.4) is 0 Å². The van der Waals surface area contributed by atoms with Crippen LogP contribution in [0.15, 0.2) is 23.8 Å². The zero-order valence-corrected chi connectivity index (χ0v) is 15.7. The summed E-state index contributed by atoms with van der Waals surface area (Å²) in [5.74, 6) is -1.53. The lowest BCUT2D eigenvalue weighted by Crippen LogP contribution is -2.31. The van der Waals surface area contributed by atoms with E-state index >= 15 is 0 Å². The lowest BCUT2D eigenvalue weighted by Gasteiger charge is -2.23. The zero-order valence-electron chi connectivity index (χ0n) is 15.7. The maximum atomic E-state index is 12.4. The van der Waals surface area contributed by atoms with Gasteiger partial charge in [-0.3, -0.25) is 14.4 Å². The summed E-state index contributed by atoms with van der Waals surface area (Å²) in [7, 11) is 0. The predicted octanol–water partition coefficient (Wildman–Crippen LogP) is 3.90. The largest absolute Gasteiger partial charge is 0.461 e. The van der Waals surface area contributed by atoms with Crippen molar-refractivity contribution in [3.8, 4) is 0 Å². The Morgan fingerprint density at radius 2 is 1.75 bits per heavy atom. The first-order chi connectivity index (χ1) is 11.2. The fraction of sp³-hybridized carbons (Fsp3) is 0.650. The van der Waals surface area contributed by atoms with E-state index in [2.05, 4.69) is 0 Å². The first-order valence-electron chi connectivity index (χ1n) is 8.82. The number of ether oxygens (including phenoxy) is 1. The molecule has 0 saturated heterocycles. The number of hydrogen-bond acceptors (Lipinski definition) is 4. The van der Waals surface area contributed by atoms with Crippen LogP contribution >= 0.6 is 0 Å². The summed E-state index contributed by atoms with van der Waals surface area (Å²) in [6, 6.07) is 0. The Kier molecular flexibility index (Phi) is 7.59. The van der Waals surface area contributed by atoms with Gasteiger partial charge in [0.05, 0.1) is 0 Å². The van der Waals surface area contributed by atoms with Crippen LogP contribution in [0.1, 0.15) is 54.4 Å². The summed E-state index contributed by atoms with van der Waals surface area (Å²) < 4.78 is 5.53. The molecule has 1 aliphatic heterocycles. The summed E-state index contributed by atoms with van der Waals surface area (Å²) in [5.41, 5.74) is 0.556. The van der Waals surface area contributed by atoms with Gasteiger partial charge >= 0.3 is 5.97 Å². The van der Waals surface area contributed by atoms with E-state index in [1.807, 2.05) is 39.8 Å². The molecule has 0 amide bonds. The van der Waals surface area contributed by atoms with Crippen LogP contribution in [-0.2, 0) is 19.1 Å². The number of carbonyl (C=O) groups excluding carboxylic acids is 3. The normalized spacial score (nSPS) is 33.7. The molecule has 0 saturated carbocycles. The minimum Gasteiger partial charge on any atom is -0.461 e. The fourth-order valence-corrected chi connectivity index (χ4v) is 3.05. The van der Waals surface area contributed by atoms with E-state index in [1.165, 1.54) is 0 Å². The molecule has 134 valence electrons. The van der Waals surface area contributed by atoms with Gasteiger partial charge in [-0.1, -0.05) is 39.8 Å². The smallest absolute Gasteiger partial charge is 0.316 e. The molecule has 5 unspecified atom stereocenters. The van der Waals surface area contributed by atoms with Crippen LogP contribution < -0.4 is 0 Å². The number of rotatable bonds is 1. The number of carbonyl (C=O) groups is 3. The van der Waals surface area contributed by atoms with Gasteiger partial charge in [0, 0.05) is 11.8 Å². The topological polar surface area (TPSA) is 60.4 Å². The van der Waals surface area contributed by atoms with Gasteiger partial charge in [0.25, 0.3) is 0 Å². The highest BCUT2D eigenvalue weighted by Crippen LogP contribution is 2.21. The third kappa shape index (κ3) is 5.43. The van der Waals surface area contributed by atoms with E-state index in [0.29, 0.717) is 18.4 Å². The number of hydrogen-bond donors (Lipinski definition) is 0. The lowest BCUT2D eigenvalue weighted by atomic mass is 9.89. The fourth-order valence-electron chi connectivity index (χ4n) is 3.05. The van der Waals surface area contributed by atoms with Crippen LogP contribution in [0.4, 0.5) is 0 Å². The molecule has 0 bridgehead atoms. The van der Waals surface area contributed by atoms with Gasteiger partial charge in [0.2, 0.25) is 0 Å². The van der Waals surface area contributed by atoms with Crippen molar-refractivity contribution in [3.05, 3.63) is 23.8 Å². The van der Waals surface area contributed by atoms with Crippen molar-refractivity contribution in [1.29, 1.82) is 0 Å². The second-order valence-electron chi connectivity index (χ2n) is 7.05. The van der Waals surface area contributed by atoms with Crippen molar-refractivity contribution in [2.24, 2.45) is 23.7 Å². The molecule has 1 rings (SSSR count). The molecule has 4 heteroatoms. The molecule has 0 aromatic rings. The highest BCUT2D eigenvalue weighted by atomic mass is 16.5. The second kappa shape index (κ2) is 8.95. The van der Waals surface area contributed by atoms with E-state index in [4.69, 9.17) is 4.74 Å². The Bertz CT molecular complexity index is 544. The van der Waals surface area contributed by atoms with Crippen molar-refractivity contribution >= 4 is 17.5 Å². The number of cyclic esters (lactones) is 1. The van der Waals surface area contributed by atoms with Gasteiger partial charge in [-0.2, -0.15) is 0 Å². The molecule has 0 aromatic carbocycles. The molecule has 0 aliphatic carbocycles. The highest BCUT2D eigenvalue weighted by molar-refractivity contribution is 6.07. The lowest BCUT2D eigenvalue weighted by molar-refractivity contribution is -0.157. The average Bonchev–Trinajstić information content (AvgIpc) is 2.54. The summed E-state index contributed by atoms with van der Waals surface area (Å²) in [6.45, 7) is 11.1. The quantitative estimate of drug-likeness (QED) is 0.539. The second-order valence-corrected chi connectivity index (χ2v) is 7.05. The van der Waals surface area contributed by atoms with Crippen molar-refractivity contribution in [3.63, 3.8) is 0 Å². The minimum atomic E-state index is -0.805. The van der Waals surface area contributed by atoms with E-state index in [9.17, 15) is 14.4 Å². The van der Waals surface area contributed by atoms with E-state index < -0.39 is 11.9 Å². The van der Waals surface area contributed by atoms with Crippen molar-refractivity contribution in [2.45, 2.75) is 60.5 Å². The number of esters is 1. The Hall–Kier alpha value is -1.71. The predicted molar refractivity (Wildman–Crippen MR) is 94.4 cm³/mol. The Morgan fingerprint density at radius 3 is 2.33 bits per heavy atom. The van der Waals surface area contributed by atoms with E-state index in [1.54, 1.807) is 19.9 Å². The average molecular weight is 334 g/mol. The summed E-state index contributed by atoms with van der Waals surface area (Å²) in [6.07, 6.45) is 6.25. The Labute approximate surface area is 145 Å². The third-order valence-corrected chi connectivity index (χ3v) is 4.70. The van der Waals surface area contributed by atoms with Crippen molar-refractivity contribution in [2.75, 3.05) is 0 Å². The van der Waals surface area contributed by atoms with Crippen LogP contribution in [0, 0.1) is 23.7 Å². The molecule has 0 fully saturated rings. The Morgan fingerprint density at radius 1 is 1.12 bits per heavy atom. The number of Topliss-reactive ketones (excluding diaryl/α,β-unsaturated/α-hetero) is 1. The molecule has 1 aliphatic rings. The number of ketones is 2. The van der Waals surface area contributed by atoms with Gasteiger partial charge in [-0.15, -0.1) is 0 Å². The number of allylic oxidation sites excluding steroid dienone is 3. The molecule has 0 radical (unpaired) electrons. The monoisotopic (exact) mass is 334 g/mol. The third-order valence-electron chi connectivity index (χ3n) is 4.70. The SMILES string of the molecule is CCC1OC(=O)C(C)C(=O)C(C)=CC(C)CC(C)C(=O)C=CC1C. The summed E-state index contributed by atoms with van der Waals surface area (Å²) in [5, 5.41) is 0. The molecule has 5 atom stereocenters. The highest BCUT2D eigenvalue weighted by Gasteiger charge is 2.28. The van der Waals surface area contributed by atoms with Gasteiger partial charge in [0.1, 0.15) is 12.0 Å². The standard InChI is InChI=1S/C20H30O4/c1-7-18-13(3)8-9-17(21)14(4)10-12(2)11-15(5)19(22)16(6)20(23)24-18/h8-9,11-14,16,18H,7,10H2,1-6H3. The van der Waals surface area contributed by atoms with E-state index in [-0.39, 0.29) is 35.4 Å². The van der Waals surface area contributed by atoms with Gasteiger partial charge < -0.3 is 4.74 Å². The molecule has 24 heavy (non-hydrogen) atoms. The van der Waals surface area contributed by atoms with Gasteiger partial charge in [-0.05, 0) is 44.3 Å². The summed E-state index contributed by atoms with van der Waals surface area (Å²) in [4.78, 5) is 37.0. The van der Waals surface area contributed by atoms with Gasteiger partial charge in [0.15, 0.2) is 11.6 Å². The molecule has 0 N–H and O–H groups in total. The first kappa shape index (κ1) is 20.3. The molecule has 0 aromatic heterocycles. The molecular weight excluding hydrogens is 304 g/mol. The van der Waals surface area contributed by atoms with Crippen LogP contribution in [-0.4, -0.2) is 23.6 Å². The van der Waals surface area contributed by atoms with Crippen LogP contribution in [0.5, 0.6) is 0 Å². The maximum absolute atomic E-state index is 12.4. The van der Waals surface area contributed by atoms with E-state index in [0.717, 1.165) is 0 Å². The van der Waals surface area contributed by atoms with Crippen LogP contribution in [0.25, 0.3) is 0 Å². The molecule has 1 heterocycles. The zero-order chi connectivity index (χ0) is 18.4. The van der Waals surface area contributed by atoms with Gasteiger partial charge in [-0.25, -0.2) is 0 Å². The van der Waals surface area contributed by atoms with Crippen molar-refractivity contribution in [1.82, 2.24) is 0 Å². The summed E-state index contributed by atoms with van der Waals surface area (Å²) >= 11 is 0. The molecule has 4 nitrogen and oxygen atoms in total. The maximum Gasteiger partial charge on any atom is 0.316 e. The Balaban J connectivity index is 3.16.